The Kier molecular flexibility index (Phi) is 6.01. The normalized spacial score (nSPS) is 8.80. The summed E-state index contributed by atoms with van der Waals surface area (Å²) in [5, 5.41) is 0. The zero-order chi connectivity index (χ0) is 11.8. The van der Waals surface area contributed by atoms with Crippen LogP contribution in [0.25, 0.3) is 0 Å². The Morgan fingerprint density at radius 2 is 2.13 bits per heavy atom. The molecule has 1 aromatic heterocycles. The second-order valence-electron chi connectivity index (χ2n) is 2.45. The van der Waals surface area contributed by atoms with Gasteiger partial charge in [0.2, 0.25) is 5.95 Å². The number of carbonyl (C=O) groups is 1. The van der Waals surface area contributed by atoms with Gasteiger partial charge in [0.25, 0.3) is 0 Å². The Balaban J connectivity index is 0.000000921. The lowest BCUT2D eigenvalue weighted by molar-refractivity contribution is 0.0524. The summed E-state index contributed by atoms with van der Waals surface area (Å²) in [6, 6.07) is 0. The van der Waals surface area contributed by atoms with Crippen LogP contribution < -0.4 is 5.73 Å². The second-order valence-corrected chi connectivity index (χ2v) is 2.45. The Morgan fingerprint density at radius 1 is 1.53 bits per heavy atom. The van der Waals surface area contributed by atoms with Crippen LogP contribution >= 0.6 is 0 Å². The first kappa shape index (κ1) is 13.4. The third kappa shape index (κ3) is 3.93. The summed E-state index contributed by atoms with van der Waals surface area (Å²) in [4.78, 5) is 18.8. The fraction of sp³-hybridized carbons (Fsp3) is 0.500. The summed E-state index contributed by atoms with van der Waals surface area (Å²) in [5.74, 6) is -0.259. The van der Waals surface area contributed by atoms with Crippen LogP contribution in [-0.4, -0.2) is 22.5 Å². The quantitative estimate of drug-likeness (QED) is 0.751. The molecule has 2 N–H and O–H groups in total. The van der Waals surface area contributed by atoms with Gasteiger partial charge in [-0.15, -0.1) is 0 Å². The van der Waals surface area contributed by atoms with Crippen molar-refractivity contribution in [1.29, 1.82) is 0 Å². The predicted octanol–water partition coefficient (Wildman–Crippen LogP) is 1.57. The number of nitrogens with zero attached hydrogens (tertiary/aromatic N) is 2. The molecular weight excluding hydrogens is 194 g/mol. The molecular formula is C10H17N3O2. The van der Waals surface area contributed by atoms with Gasteiger partial charge < -0.3 is 10.5 Å². The third-order valence-corrected chi connectivity index (χ3v) is 1.49. The number of nitrogens with two attached hydrogens (primary N) is 1. The van der Waals surface area contributed by atoms with Crippen LogP contribution in [0.2, 0.25) is 0 Å². The maximum atomic E-state index is 11.2. The number of carbonyl (C=O) groups excluding carboxylic acids is 1. The van der Waals surface area contributed by atoms with E-state index in [2.05, 4.69) is 9.97 Å². The summed E-state index contributed by atoms with van der Waals surface area (Å²) < 4.78 is 4.79. The smallest absolute Gasteiger partial charge is 0.341 e. The van der Waals surface area contributed by atoms with Crippen molar-refractivity contribution < 1.29 is 9.53 Å². The van der Waals surface area contributed by atoms with Gasteiger partial charge in [0.15, 0.2) is 0 Å². The fourth-order valence-electron chi connectivity index (χ4n) is 0.894. The van der Waals surface area contributed by atoms with E-state index in [1.54, 1.807) is 13.8 Å². The van der Waals surface area contributed by atoms with Crippen molar-refractivity contribution in [3.8, 4) is 0 Å². The van der Waals surface area contributed by atoms with E-state index in [9.17, 15) is 4.79 Å². The number of anilines is 1. The van der Waals surface area contributed by atoms with E-state index in [4.69, 9.17) is 10.5 Å². The van der Waals surface area contributed by atoms with E-state index in [1.807, 2.05) is 13.8 Å². The molecule has 0 amide bonds. The summed E-state index contributed by atoms with van der Waals surface area (Å²) in [7, 11) is 0. The average molecular weight is 211 g/mol. The molecule has 15 heavy (non-hydrogen) atoms. The third-order valence-electron chi connectivity index (χ3n) is 1.49. The Hall–Kier alpha value is -1.65. The molecule has 84 valence electrons. The number of aromatic nitrogens is 2. The monoisotopic (exact) mass is 211 g/mol. The highest BCUT2D eigenvalue weighted by Crippen LogP contribution is 2.06. The van der Waals surface area contributed by atoms with Crippen LogP contribution in [-0.2, 0) is 4.74 Å². The number of nitrogen functional groups attached to an aromatic ring is 1. The van der Waals surface area contributed by atoms with E-state index in [-0.39, 0.29) is 5.95 Å². The lowest BCUT2D eigenvalue weighted by Crippen LogP contribution is -2.09. The molecule has 1 rings (SSSR count). The minimum absolute atomic E-state index is 0.158. The van der Waals surface area contributed by atoms with Gasteiger partial charge in [0, 0.05) is 6.20 Å². The van der Waals surface area contributed by atoms with Crippen molar-refractivity contribution in [1.82, 2.24) is 9.97 Å². The highest BCUT2D eigenvalue weighted by molar-refractivity contribution is 5.90. The van der Waals surface area contributed by atoms with Crippen LogP contribution in [0, 0.1) is 6.92 Å². The van der Waals surface area contributed by atoms with Crippen molar-refractivity contribution in [2.75, 3.05) is 12.3 Å². The molecule has 0 fully saturated rings. The van der Waals surface area contributed by atoms with Gasteiger partial charge in [-0.2, -0.15) is 0 Å². The van der Waals surface area contributed by atoms with E-state index < -0.39 is 5.97 Å². The number of hydrogen-bond acceptors (Lipinski definition) is 5. The van der Waals surface area contributed by atoms with Crippen molar-refractivity contribution in [2.45, 2.75) is 27.7 Å². The number of hydrogen-bond donors (Lipinski definition) is 1. The van der Waals surface area contributed by atoms with Crippen molar-refractivity contribution in [3.05, 3.63) is 17.5 Å². The molecule has 1 aromatic rings. The first-order valence-electron chi connectivity index (χ1n) is 4.91. The molecule has 0 unspecified atom stereocenters. The Labute approximate surface area is 89.7 Å². The van der Waals surface area contributed by atoms with Crippen molar-refractivity contribution >= 4 is 11.9 Å². The standard InChI is InChI=1S/C8H11N3O2.C2H6/c1-3-13-7(12)6-4-10-8(9)11-5(6)2;1-2/h4H,3H2,1-2H3,(H2,9,10,11);1-2H3. The lowest BCUT2D eigenvalue weighted by atomic mass is 10.2. The summed E-state index contributed by atoms with van der Waals surface area (Å²) in [6.45, 7) is 7.76. The highest BCUT2D eigenvalue weighted by atomic mass is 16.5. The molecule has 0 aliphatic rings. The highest BCUT2D eigenvalue weighted by Gasteiger charge is 2.11. The predicted molar refractivity (Wildman–Crippen MR) is 58.5 cm³/mol. The van der Waals surface area contributed by atoms with Gasteiger partial charge in [0.05, 0.1) is 17.9 Å². The van der Waals surface area contributed by atoms with Gasteiger partial charge in [-0.05, 0) is 13.8 Å². The lowest BCUT2D eigenvalue weighted by Gasteiger charge is -2.03. The maximum Gasteiger partial charge on any atom is 0.341 e. The molecule has 0 bridgehead atoms. The zero-order valence-electron chi connectivity index (χ0n) is 9.57. The first-order valence-corrected chi connectivity index (χ1v) is 4.91. The molecule has 0 saturated heterocycles. The van der Waals surface area contributed by atoms with Crippen LogP contribution in [0.4, 0.5) is 5.95 Å². The molecule has 0 aromatic carbocycles. The van der Waals surface area contributed by atoms with Crippen LogP contribution in [0.5, 0.6) is 0 Å². The van der Waals surface area contributed by atoms with Gasteiger partial charge in [-0.1, -0.05) is 13.8 Å². The van der Waals surface area contributed by atoms with Gasteiger partial charge in [-0.3, -0.25) is 0 Å². The van der Waals surface area contributed by atoms with Crippen molar-refractivity contribution in [2.24, 2.45) is 0 Å². The van der Waals surface area contributed by atoms with Crippen molar-refractivity contribution in [3.63, 3.8) is 0 Å². The zero-order valence-corrected chi connectivity index (χ0v) is 9.57. The molecule has 0 aliphatic carbocycles. The average Bonchev–Trinajstić information content (AvgIpc) is 2.21. The van der Waals surface area contributed by atoms with Crippen LogP contribution in [0.3, 0.4) is 0 Å². The minimum atomic E-state index is -0.417. The van der Waals surface area contributed by atoms with Gasteiger partial charge in [0.1, 0.15) is 0 Å². The molecule has 0 aliphatic heterocycles. The summed E-state index contributed by atoms with van der Waals surface area (Å²) in [5.41, 5.74) is 6.22. The molecule has 0 saturated carbocycles. The van der Waals surface area contributed by atoms with E-state index in [1.165, 1.54) is 6.20 Å². The van der Waals surface area contributed by atoms with Crippen LogP contribution in [0.15, 0.2) is 6.20 Å². The summed E-state index contributed by atoms with van der Waals surface area (Å²) >= 11 is 0. The fourth-order valence-corrected chi connectivity index (χ4v) is 0.894. The second kappa shape index (κ2) is 6.75. The van der Waals surface area contributed by atoms with E-state index >= 15 is 0 Å². The molecule has 0 radical (unpaired) electrons. The largest absolute Gasteiger partial charge is 0.462 e. The molecule has 5 heteroatoms. The molecule has 1 heterocycles. The number of esters is 1. The van der Waals surface area contributed by atoms with E-state index in [0.717, 1.165) is 0 Å². The number of ether oxygens (including phenoxy) is 1. The summed E-state index contributed by atoms with van der Waals surface area (Å²) in [6.07, 6.45) is 1.37. The first-order chi connectivity index (χ1) is 7.15. The van der Waals surface area contributed by atoms with Gasteiger partial charge in [-0.25, -0.2) is 14.8 Å². The molecule has 0 atom stereocenters. The SMILES string of the molecule is CC.CCOC(=O)c1cnc(N)nc1C. The van der Waals surface area contributed by atoms with E-state index in [0.29, 0.717) is 17.9 Å². The number of aryl methyl sites for hydroxylation is 1. The topological polar surface area (TPSA) is 78.1 Å². The maximum absolute atomic E-state index is 11.2. The van der Waals surface area contributed by atoms with Gasteiger partial charge >= 0.3 is 5.97 Å². The van der Waals surface area contributed by atoms with Crippen LogP contribution in [0.1, 0.15) is 36.8 Å². The Bertz CT molecular complexity index is 326. The molecule has 5 nitrogen and oxygen atoms in total. The minimum Gasteiger partial charge on any atom is -0.462 e. The Morgan fingerprint density at radius 3 is 2.60 bits per heavy atom. The molecule has 0 spiro atoms. The number of rotatable bonds is 2.